The first-order chi connectivity index (χ1) is 6.75. The molecule has 4 nitrogen and oxygen atoms in total. The predicted octanol–water partition coefficient (Wildman–Crippen LogP) is 0.373. The predicted molar refractivity (Wildman–Crippen MR) is 55.1 cm³/mol. The summed E-state index contributed by atoms with van der Waals surface area (Å²) in [6.07, 6.45) is 3.25. The number of carbonyl (C=O) groups excluding carboxylic acids is 1. The molecule has 4 heteroatoms. The zero-order valence-corrected chi connectivity index (χ0v) is 8.53. The molecule has 1 aromatic heterocycles. The molecule has 1 N–H and O–H groups in total. The molecule has 0 aliphatic heterocycles. The van der Waals surface area contributed by atoms with Crippen molar-refractivity contribution < 1.29 is 4.79 Å². The highest BCUT2D eigenvalue weighted by Crippen LogP contribution is 2.00. The van der Waals surface area contributed by atoms with E-state index >= 15 is 0 Å². The fourth-order valence-electron chi connectivity index (χ4n) is 1.10. The van der Waals surface area contributed by atoms with E-state index in [2.05, 4.69) is 10.3 Å². The quantitative estimate of drug-likeness (QED) is 0.751. The molecule has 0 unspecified atom stereocenters. The zero-order chi connectivity index (χ0) is 10.4. The van der Waals surface area contributed by atoms with Crippen LogP contribution in [0.15, 0.2) is 24.5 Å². The van der Waals surface area contributed by atoms with Crippen LogP contribution in [0.25, 0.3) is 0 Å². The van der Waals surface area contributed by atoms with Gasteiger partial charge in [-0.1, -0.05) is 0 Å². The monoisotopic (exact) mass is 193 g/mol. The summed E-state index contributed by atoms with van der Waals surface area (Å²) in [6, 6.07) is 3.44. The molecular formula is C10H15N3O. The molecule has 0 atom stereocenters. The topological polar surface area (TPSA) is 45.2 Å². The SMILES string of the molecule is CNCCN(C)C(=O)c1ccncc1. The van der Waals surface area contributed by atoms with Crippen molar-refractivity contribution in [3.63, 3.8) is 0 Å². The van der Waals surface area contributed by atoms with E-state index in [4.69, 9.17) is 0 Å². The van der Waals surface area contributed by atoms with E-state index in [0.717, 1.165) is 6.54 Å². The van der Waals surface area contributed by atoms with Crippen LogP contribution in [-0.4, -0.2) is 43.0 Å². The molecule has 0 bridgehead atoms. The summed E-state index contributed by atoms with van der Waals surface area (Å²) in [5.41, 5.74) is 0.679. The van der Waals surface area contributed by atoms with Gasteiger partial charge in [-0.2, -0.15) is 0 Å². The number of hydrogen-bond acceptors (Lipinski definition) is 3. The zero-order valence-electron chi connectivity index (χ0n) is 8.53. The van der Waals surface area contributed by atoms with Gasteiger partial charge in [-0.05, 0) is 19.2 Å². The highest BCUT2D eigenvalue weighted by Gasteiger charge is 2.09. The number of amides is 1. The normalized spacial score (nSPS) is 9.86. The van der Waals surface area contributed by atoms with E-state index in [1.165, 1.54) is 0 Å². The molecule has 14 heavy (non-hydrogen) atoms. The van der Waals surface area contributed by atoms with Gasteiger partial charge in [-0.3, -0.25) is 9.78 Å². The minimum Gasteiger partial charge on any atom is -0.340 e. The fraction of sp³-hybridized carbons (Fsp3) is 0.400. The minimum absolute atomic E-state index is 0.0302. The molecule has 0 radical (unpaired) electrons. The maximum absolute atomic E-state index is 11.7. The first kappa shape index (κ1) is 10.7. The first-order valence-electron chi connectivity index (χ1n) is 4.56. The number of rotatable bonds is 4. The van der Waals surface area contributed by atoms with Crippen molar-refractivity contribution in [2.24, 2.45) is 0 Å². The van der Waals surface area contributed by atoms with Crippen LogP contribution >= 0.6 is 0 Å². The van der Waals surface area contributed by atoms with Gasteiger partial charge in [0.25, 0.3) is 5.91 Å². The molecule has 76 valence electrons. The number of likely N-dealkylation sites (N-methyl/N-ethyl adjacent to an activating group) is 2. The molecule has 0 saturated carbocycles. The molecule has 0 aromatic carbocycles. The molecule has 1 rings (SSSR count). The third-order valence-electron chi connectivity index (χ3n) is 1.97. The second-order valence-electron chi connectivity index (χ2n) is 3.07. The van der Waals surface area contributed by atoms with Crippen LogP contribution in [0.2, 0.25) is 0 Å². The lowest BCUT2D eigenvalue weighted by molar-refractivity contribution is 0.0797. The average Bonchev–Trinajstić information content (AvgIpc) is 2.26. The summed E-state index contributed by atoms with van der Waals surface area (Å²) in [5.74, 6) is 0.0302. The molecule has 1 aromatic rings. The Morgan fingerprint density at radius 1 is 1.50 bits per heavy atom. The van der Waals surface area contributed by atoms with E-state index in [0.29, 0.717) is 12.1 Å². The van der Waals surface area contributed by atoms with Crippen molar-refractivity contribution in [3.05, 3.63) is 30.1 Å². The number of hydrogen-bond donors (Lipinski definition) is 1. The minimum atomic E-state index is 0.0302. The molecule has 0 fully saturated rings. The third-order valence-corrected chi connectivity index (χ3v) is 1.97. The van der Waals surface area contributed by atoms with Gasteiger partial charge in [0.2, 0.25) is 0 Å². The first-order valence-corrected chi connectivity index (χ1v) is 4.56. The number of nitrogens with one attached hydrogen (secondary N) is 1. The lowest BCUT2D eigenvalue weighted by Crippen LogP contribution is -2.32. The average molecular weight is 193 g/mol. The van der Waals surface area contributed by atoms with Gasteiger partial charge in [0.05, 0.1) is 0 Å². The lowest BCUT2D eigenvalue weighted by Gasteiger charge is -2.16. The van der Waals surface area contributed by atoms with Crippen LogP contribution < -0.4 is 5.32 Å². The largest absolute Gasteiger partial charge is 0.340 e. The number of nitrogens with zero attached hydrogens (tertiary/aromatic N) is 2. The van der Waals surface area contributed by atoms with E-state index in [9.17, 15) is 4.79 Å². The van der Waals surface area contributed by atoms with Crippen molar-refractivity contribution in [2.45, 2.75) is 0 Å². The van der Waals surface area contributed by atoms with Gasteiger partial charge in [0.15, 0.2) is 0 Å². The molecule has 1 heterocycles. The van der Waals surface area contributed by atoms with Crippen molar-refractivity contribution >= 4 is 5.91 Å². The van der Waals surface area contributed by atoms with Crippen LogP contribution in [0.1, 0.15) is 10.4 Å². The lowest BCUT2D eigenvalue weighted by atomic mass is 10.2. The van der Waals surface area contributed by atoms with E-state index in [1.54, 1.807) is 36.5 Å². The van der Waals surface area contributed by atoms with E-state index in [-0.39, 0.29) is 5.91 Å². The maximum Gasteiger partial charge on any atom is 0.253 e. The highest BCUT2D eigenvalue weighted by atomic mass is 16.2. The number of aromatic nitrogens is 1. The fourth-order valence-corrected chi connectivity index (χ4v) is 1.10. The van der Waals surface area contributed by atoms with Crippen molar-refractivity contribution in [2.75, 3.05) is 27.2 Å². The van der Waals surface area contributed by atoms with Crippen LogP contribution in [0, 0.1) is 0 Å². The molecular weight excluding hydrogens is 178 g/mol. The van der Waals surface area contributed by atoms with Gasteiger partial charge in [0.1, 0.15) is 0 Å². The van der Waals surface area contributed by atoms with Crippen LogP contribution in [0.5, 0.6) is 0 Å². The van der Waals surface area contributed by atoms with Crippen molar-refractivity contribution in [1.82, 2.24) is 15.2 Å². The Balaban J connectivity index is 2.57. The van der Waals surface area contributed by atoms with E-state index in [1.807, 2.05) is 7.05 Å². The van der Waals surface area contributed by atoms with Crippen molar-refractivity contribution in [3.8, 4) is 0 Å². The Morgan fingerprint density at radius 2 is 2.14 bits per heavy atom. The number of pyridine rings is 1. The van der Waals surface area contributed by atoms with Gasteiger partial charge in [0, 0.05) is 38.1 Å². The molecule has 1 amide bonds. The summed E-state index contributed by atoms with van der Waals surface area (Å²) in [6.45, 7) is 1.50. The Labute approximate surface area is 83.9 Å². The summed E-state index contributed by atoms with van der Waals surface area (Å²) in [7, 11) is 3.66. The highest BCUT2D eigenvalue weighted by molar-refractivity contribution is 5.93. The van der Waals surface area contributed by atoms with E-state index < -0.39 is 0 Å². The Bertz CT molecular complexity index is 287. The molecule has 0 aliphatic carbocycles. The van der Waals surface area contributed by atoms with Gasteiger partial charge >= 0.3 is 0 Å². The maximum atomic E-state index is 11.7. The Morgan fingerprint density at radius 3 is 2.71 bits per heavy atom. The summed E-state index contributed by atoms with van der Waals surface area (Å²) in [4.78, 5) is 17.3. The second-order valence-corrected chi connectivity index (χ2v) is 3.07. The summed E-state index contributed by atoms with van der Waals surface area (Å²) < 4.78 is 0. The van der Waals surface area contributed by atoms with Gasteiger partial charge in [-0.25, -0.2) is 0 Å². The van der Waals surface area contributed by atoms with Crippen LogP contribution in [0.3, 0.4) is 0 Å². The molecule has 0 aliphatic rings. The third kappa shape index (κ3) is 2.81. The number of carbonyl (C=O) groups is 1. The Kier molecular flexibility index (Phi) is 4.07. The Hall–Kier alpha value is -1.42. The standard InChI is InChI=1S/C10H15N3O/c1-11-7-8-13(2)10(14)9-3-5-12-6-4-9/h3-6,11H,7-8H2,1-2H3. The smallest absolute Gasteiger partial charge is 0.253 e. The van der Waals surface area contributed by atoms with Gasteiger partial charge < -0.3 is 10.2 Å². The summed E-state index contributed by atoms with van der Waals surface area (Å²) in [5, 5.41) is 3.00. The second kappa shape index (κ2) is 5.34. The van der Waals surface area contributed by atoms with Crippen LogP contribution in [0.4, 0.5) is 0 Å². The molecule has 0 saturated heterocycles. The van der Waals surface area contributed by atoms with Gasteiger partial charge in [-0.15, -0.1) is 0 Å². The van der Waals surface area contributed by atoms with Crippen molar-refractivity contribution in [1.29, 1.82) is 0 Å². The molecule has 0 spiro atoms. The van der Waals surface area contributed by atoms with Crippen LogP contribution in [-0.2, 0) is 0 Å². The summed E-state index contributed by atoms with van der Waals surface area (Å²) >= 11 is 0.